The third kappa shape index (κ3) is 2.06. The molecule has 1 aromatic heterocycles. The fraction of sp³-hybridized carbons (Fsp3) is 0.357. The minimum absolute atomic E-state index is 0.477. The molecule has 92 valence electrons. The quantitative estimate of drug-likeness (QED) is 0.772. The molecule has 4 nitrogen and oxygen atoms in total. The van der Waals surface area contributed by atoms with Gasteiger partial charge in [-0.3, -0.25) is 4.79 Å². The number of hydrogen-bond donors (Lipinski definition) is 0. The van der Waals surface area contributed by atoms with E-state index in [0.29, 0.717) is 18.2 Å². The van der Waals surface area contributed by atoms with Gasteiger partial charge in [-0.25, -0.2) is 4.68 Å². The molecule has 1 fully saturated rings. The van der Waals surface area contributed by atoms with E-state index in [1.807, 2.05) is 4.68 Å². The van der Waals surface area contributed by atoms with E-state index >= 15 is 0 Å². The van der Waals surface area contributed by atoms with E-state index in [2.05, 4.69) is 41.5 Å². The summed E-state index contributed by atoms with van der Waals surface area (Å²) in [5.41, 5.74) is 3.94. The first-order valence-electron chi connectivity index (χ1n) is 6.22. The van der Waals surface area contributed by atoms with Gasteiger partial charge in [-0.2, -0.15) is 0 Å². The monoisotopic (exact) mass is 241 g/mol. The van der Waals surface area contributed by atoms with Crippen molar-refractivity contribution >= 4 is 6.29 Å². The molecule has 1 aliphatic rings. The molecule has 0 atom stereocenters. The molecule has 0 radical (unpaired) electrons. The van der Waals surface area contributed by atoms with Crippen LogP contribution >= 0.6 is 0 Å². The highest BCUT2D eigenvalue weighted by Gasteiger charge is 2.31. The first kappa shape index (κ1) is 11.1. The smallest absolute Gasteiger partial charge is 0.172 e. The number of rotatable bonds is 4. The summed E-state index contributed by atoms with van der Waals surface area (Å²) in [7, 11) is 0. The molecule has 0 amide bonds. The van der Waals surface area contributed by atoms with Gasteiger partial charge in [0.1, 0.15) is 5.69 Å². The van der Waals surface area contributed by atoms with Gasteiger partial charge in [-0.05, 0) is 25.3 Å². The predicted molar refractivity (Wildman–Crippen MR) is 67.7 cm³/mol. The van der Waals surface area contributed by atoms with Gasteiger partial charge in [0.25, 0.3) is 0 Å². The average Bonchev–Trinajstić information content (AvgIpc) is 3.14. The van der Waals surface area contributed by atoms with Gasteiger partial charge in [0, 0.05) is 5.92 Å². The maximum Gasteiger partial charge on any atom is 0.172 e. The van der Waals surface area contributed by atoms with Crippen molar-refractivity contribution in [1.29, 1.82) is 0 Å². The summed E-state index contributed by atoms with van der Waals surface area (Å²) in [6, 6.07) is 8.36. The van der Waals surface area contributed by atoms with E-state index in [0.717, 1.165) is 24.8 Å². The Bertz CT molecular complexity index is 567. The lowest BCUT2D eigenvalue weighted by Gasteiger charge is -2.06. The minimum Gasteiger partial charge on any atom is -0.296 e. The summed E-state index contributed by atoms with van der Waals surface area (Å²) in [4.78, 5) is 11.0. The summed E-state index contributed by atoms with van der Waals surface area (Å²) < 4.78 is 1.87. The molecular weight excluding hydrogens is 226 g/mol. The molecule has 3 rings (SSSR count). The van der Waals surface area contributed by atoms with Crippen molar-refractivity contribution in [3.05, 3.63) is 46.8 Å². The molecule has 0 spiro atoms. The highest BCUT2D eigenvalue weighted by molar-refractivity contribution is 5.73. The van der Waals surface area contributed by atoms with E-state index in [4.69, 9.17) is 0 Å². The molecule has 0 bridgehead atoms. The van der Waals surface area contributed by atoms with Crippen LogP contribution in [0.25, 0.3) is 0 Å². The van der Waals surface area contributed by atoms with Crippen LogP contribution in [0.3, 0.4) is 0 Å². The summed E-state index contributed by atoms with van der Waals surface area (Å²) in [5, 5.41) is 8.06. The molecule has 1 saturated carbocycles. The van der Waals surface area contributed by atoms with Crippen molar-refractivity contribution in [3.63, 3.8) is 0 Å². The second-order valence-electron chi connectivity index (χ2n) is 4.90. The van der Waals surface area contributed by atoms with E-state index in [9.17, 15) is 4.79 Å². The Morgan fingerprint density at radius 2 is 2.06 bits per heavy atom. The van der Waals surface area contributed by atoms with Crippen LogP contribution in [0.1, 0.15) is 46.1 Å². The summed E-state index contributed by atoms with van der Waals surface area (Å²) in [6.45, 7) is 2.76. The van der Waals surface area contributed by atoms with Crippen molar-refractivity contribution in [2.24, 2.45) is 0 Å². The Hall–Kier alpha value is -1.97. The van der Waals surface area contributed by atoms with Crippen LogP contribution in [0.5, 0.6) is 0 Å². The number of benzene rings is 1. The fourth-order valence-corrected chi connectivity index (χ4v) is 2.18. The van der Waals surface area contributed by atoms with Crippen LogP contribution < -0.4 is 0 Å². The lowest BCUT2D eigenvalue weighted by atomic mass is 10.1. The lowest BCUT2D eigenvalue weighted by molar-refractivity contribution is 0.111. The molecule has 0 aliphatic heterocycles. The van der Waals surface area contributed by atoms with Crippen LogP contribution in [0.2, 0.25) is 0 Å². The first-order valence-corrected chi connectivity index (χ1v) is 6.22. The first-order chi connectivity index (χ1) is 8.78. The number of hydrogen-bond acceptors (Lipinski definition) is 3. The van der Waals surface area contributed by atoms with Gasteiger partial charge in [-0.15, -0.1) is 5.10 Å². The van der Waals surface area contributed by atoms with E-state index in [1.54, 1.807) is 0 Å². The topological polar surface area (TPSA) is 47.8 Å². The molecule has 1 heterocycles. The average molecular weight is 241 g/mol. The number of nitrogens with zero attached hydrogens (tertiary/aromatic N) is 3. The van der Waals surface area contributed by atoms with Gasteiger partial charge in [-0.1, -0.05) is 35.0 Å². The van der Waals surface area contributed by atoms with Gasteiger partial charge in [0.15, 0.2) is 6.29 Å². The number of aryl methyl sites for hydroxylation is 1. The number of aromatic nitrogens is 3. The Morgan fingerprint density at radius 3 is 2.67 bits per heavy atom. The standard InChI is InChI=1S/C14H15N3O/c1-10-2-4-11(5-3-10)8-17-14(12-6-7-12)13(9-18)15-16-17/h2-5,9,12H,6-8H2,1H3. The SMILES string of the molecule is Cc1ccc(Cn2nnc(C=O)c2C2CC2)cc1. The third-order valence-corrected chi connectivity index (χ3v) is 3.33. The predicted octanol–water partition coefficient (Wildman–Crippen LogP) is 2.32. The molecule has 18 heavy (non-hydrogen) atoms. The Kier molecular flexibility index (Phi) is 2.70. The molecule has 0 unspecified atom stereocenters. The largest absolute Gasteiger partial charge is 0.296 e. The second-order valence-corrected chi connectivity index (χ2v) is 4.90. The van der Waals surface area contributed by atoms with Crippen LogP contribution in [-0.2, 0) is 6.54 Å². The van der Waals surface area contributed by atoms with E-state index < -0.39 is 0 Å². The molecule has 1 aliphatic carbocycles. The highest BCUT2D eigenvalue weighted by Crippen LogP contribution is 2.40. The van der Waals surface area contributed by atoms with E-state index in [1.165, 1.54) is 11.1 Å². The highest BCUT2D eigenvalue weighted by atomic mass is 16.1. The normalized spacial score (nSPS) is 14.7. The van der Waals surface area contributed by atoms with Gasteiger partial charge >= 0.3 is 0 Å². The van der Waals surface area contributed by atoms with Crippen LogP contribution in [0, 0.1) is 6.92 Å². The second kappa shape index (κ2) is 4.37. The minimum atomic E-state index is 0.477. The molecule has 4 heteroatoms. The molecule has 0 saturated heterocycles. The Morgan fingerprint density at radius 1 is 1.33 bits per heavy atom. The fourth-order valence-electron chi connectivity index (χ4n) is 2.18. The van der Waals surface area contributed by atoms with Crippen LogP contribution in [0.15, 0.2) is 24.3 Å². The lowest BCUT2D eigenvalue weighted by Crippen LogP contribution is -2.06. The summed E-state index contributed by atoms with van der Waals surface area (Å²) in [5.74, 6) is 0.477. The number of aldehydes is 1. The van der Waals surface area contributed by atoms with Crippen molar-refractivity contribution in [3.8, 4) is 0 Å². The molecular formula is C14H15N3O. The van der Waals surface area contributed by atoms with E-state index in [-0.39, 0.29) is 0 Å². The number of carbonyl (C=O) groups is 1. The zero-order chi connectivity index (χ0) is 12.5. The zero-order valence-electron chi connectivity index (χ0n) is 10.3. The van der Waals surface area contributed by atoms with Crippen LogP contribution in [-0.4, -0.2) is 21.3 Å². The van der Waals surface area contributed by atoms with Crippen molar-refractivity contribution in [2.45, 2.75) is 32.2 Å². The van der Waals surface area contributed by atoms with Gasteiger partial charge in [0.2, 0.25) is 0 Å². The number of carbonyl (C=O) groups excluding carboxylic acids is 1. The molecule has 1 aromatic carbocycles. The molecule has 2 aromatic rings. The van der Waals surface area contributed by atoms with Crippen LogP contribution in [0.4, 0.5) is 0 Å². The zero-order valence-corrected chi connectivity index (χ0v) is 10.3. The van der Waals surface area contributed by atoms with Gasteiger partial charge in [0.05, 0.1) is 12.2 Å². The summed E-state index contributed by atoms with van der Waals surface area (Å²) >= 11 is 0. The molecule has 0 N–H and O–H groups in total. The Labute approximate surface area is 106 Å². The van der Waals surface area contributed by atoms with Crippen molar-refractivity contribution in [1.82, 2.24) is 15.0 Å². The van der Waals surface area contributed by atoms with Gasteiger partial charge < -0.3 is 0 Å². The maximum absolute atomic E-state index is 11.0. The summed E-state index contributed by atoms with van der Waals surface area (Å²) in [6.07, 6.45) is 3.09. The third-order valence-electron chi connectivity index (χ3n) is 3.33. The maximum atomic E-state index is 11.0. The van der Waals surface area contributed by atoms with Crippen molar-refractivity contribution in [2.75, 3.05) is 0 Å². The van der Waals surface area contributed by atoms with Crippen molar-refractivity contribution < 1.29 is 4.79 Å². The Balaban J connectivity index is 1.90.